The lowest BCUT2D eigenvalue weighted by molar-refractivity contribution is 0.674. The number of hydrogen-bond acceptors (Lipinski definition) is 1. The third kappa shape index (κ3) is 16.1. The molecule has 3 heteroatoms. The third-order valence-corrected chi connectivity index (χ3v) is 1.31. The van der Waals surface area contributed by atoms with Crippen LogP contribution in [0.15, 0.2) is 4.99 Å². The minimum atomic E-state index is 0.205. The molecule has 0 unspecified atom stereocenters. The first kappa shape index (κ1) is 13.8. The molecule has 0 aliphatic carbocycles. The second-order valence-electron chi connectivity index (χ2n) is 2.37. The highest BCUT2D eigenvalue weighted by Crippen LogP contribution is 1.97. The molecule has 0 aromatic carbocycles. The Bertz CT molecular complexity index is 95.9. The summed E-state index contributed by atoms with van der Waals surface area (Å²) in [4.78, 5) is 3.87. The second-order valence-corrected chi connectivity index (χ2v) is 2.37. The van der Waals surface area contributed by atoms with Gasteiger partial charge in [0.15, 0.2) is 5.96 Å². The van der Waals surface area contributed by atoms with Crippen molar-refractivity contribution in [2.75, 3.05) is 6.54 Å². The molecule has 0 atom stereocenters. The second kappa shape index (κ2) is 12.9. The monoisotopic (exact) mass is 173 g/mol. The predicted octanol–water partition coefficient (Wildman–Crippen LogP) is 1.87. The van der Waals surface area contributed by atoms with Crippen LogP contribution in [0.2, 0.25) is 0 Å². The van der Waals surface area contributed by atoms with E-state index in [2.05, 4.69) is 11.9 Å². The Kier molecular flexibility index (Phi) is 14.9. The topological polar surface area (TPSA) is 64.4 Å². The van der Waals surface area contributed by atoms with Crippen LogP contribution in [0.4, 0.5) is 0 Å². The summed E-state index contributed by atoms with van der Waals surface area (Å²) in [6.07, 6.45) is 4.86. The summed E-state index contributed by atoms with van der Waals surface area (Å²) >= 11 is 0. The van der Waals surface area contributed by atoms with Gasteiger partial charge >= 0.3 is 0 Å². The largest absolute Gasteiger partial charge is 0.370 e. The van der Waals surface area contributed by atoms with Crippen molar-refractivity contribution >= 4 is 5.96 Å². The average Bonchev–Trinajstić information content (AvgIpc) is 2.07. The molecule has 74 valence electrons. The molecule has 0 amide bonds. The van der Waals surface area contributed by atoms with E-state index < -0.39 is 0 Å². The highest BCUT2D eigenvalue weighted by atomic mass is 15.0. The molecule has 0 saturated heterocycles. The van der Waals surface area contributed by atoms with Crippen molar-refractivity contribution < 1.29 is 0 Å². The fourth-order valence-electron chi connectivity index (χ4n) is 0.747. The molecule has 3 nitrogen and oxygen atoms in total. The van der Waals surface area contributed by atoms with E-state index >= 15 is 0 Å². The lowest BCUT2D eigenvalue weighted by Crippen LogP contribution is -2.22. The summed E-state index contributed by atoms with van der Waals surface area (Å²) in [6, 6.07) is 0. The van der Waals surface area contributed by atoms with Crippen LogP contribution in [0.1, 0.15) is 46.5 Å². The maximum absolute atomic E-state index is 5.13. The highest BCUT2D eigenvalue weighted by molar-refractivity contribution is 5.75. The molecule has 0 aliphatic rings. The molecule has 4 N–H and O–H groups in total. The van der Waals surface area contributed by atoms with E-state index in [4.69, 9.17) is 11.5 Å². The van der Waals surface area contributed by atoms with Gasteiger partial charge in [0, 0.05) is 6.54 Å². The lowest BCUT2D eigenvalue weighted by atomic mass is 10.2. The van der Waals surface area contributed by atoms with Gasteiger partial charge in [-0.05, 0) is 6.42 Å². The van der Waals surface area contributed by atoms with E-state index in [1.54, 1.807) is 0 Å². The summed E-state index contributed by atoms with van der Waals surface area (Å²) in [6.45, 7) is 6.96. The van der Waals surface area contributed by atoms with Gasteiger partial charge in [-0.25, -0.2) is 0 Å². The van der Waals surface area contributed by atoms with Gasteiger partial charge in [-0.2, -0.15) is 0 Å². The number of nitrogens with two attached hydrogens (primary N) is 2. The Morgan fingerprint density at radius 3 is 2.08 bits per heavy atom. The quantitative estimate of drug-likeness (QED) is 0.378. The van der Waals surface area contributed by atoms with Gasteiger partial charge in [-0.1, -0.05) is 40.0 Å². The molecule has 0 aromatic rings. The first-order valence-electron chi connectivity index (χ1n) is 4.82. The molecule has 0 spiro atoms. The number of aliphatic imine (C=N–C) groups is 1. The van der Waals surface area contributed by atoms with Crippen molar-refractivity contribution in [3.8, 4) is 0 Å². The first-order valence-corrected chi connectivity index (χ1v) is 4.82. The molecule has 0 radical (unpaired) electrons. The fraction of sp³-hybridized carbons (Fsp3) is 0.889. The summed E-state index contributed by atoms with van der Waals surface area (Å²) in [5.74, 6) is 0.205. The van der Waals surface area contributed by atoms with Crippen LogP contribution >= 0.6 is 0 Å². The minimum Gasteiger partial charge on any atom is -0.370 e. The summed E-state index contributed by atoms with van der Waals surface area (Å²) in [7, 11) is 0. The van der Waals surface area contributed by atoms with E-state index in [1.807, 2.05) is 13.8 Å². The molecular weight excluding hydrogens is 150 g/mol. The number of guanidine groups is 1. The lowest BCUT2D eigenvalue weighted by Gasteiger charge is -1.94. The van der Waals surface area contributed by atoms with Gasteiger partial charge < -0.3 is 11.5 Å². The average molecular weight is 173 g/mol. The molecule has 0 heterocycles. The molecule has 0 bridgehead atoms. The fourth-order valence-corrected chi connectivity index (χ4v) is 0.747. The summed E-state index contributed by atoms with van der Waals surface area (Å²) in [5.41, 5.74) is 10.3. The maximum Gasteiger partial charge on any atom is 0.185 e. The third-order valence-electron chi connectivity index (χ3n) is 1.31. The van der Waals surface area contributed by atoms with Crippen molar-refractivity contribution in [3.05, 3.63) is 0 Å². The smallest absolute Gasteiger partial charge is 0.185 e. The van der Waals surface area contributed by atoms with Crippen molar-refractivity contribution in [1.29, 1.82) is 0 Å². The van der Waals surface area contributed by atoms with Crippen LogP contribution in [0.3, 0.4) is 0 Å². The van der Waals surface area contributed by atoms with Crippen molar-refractivity contribution in [2.45, 2.75) is 46.5 Å². The van der Waals surface area contributed by atoms with Gasteiger partial charge in [0.25, 0.3) is 0 Å². The molecule has 0 fully saturated rings. The van der Waals surface area contributed by atoms with E-state index in [0.717, 1.165) is 13.0 Å². The predicted molar refractivity (Wildman–Crippen MR) is 56.2 cm³/mol. The van der Waals surface area contributed by atoms with Crippen molar-refractivity contribution in [1.82, 2.24) is 0 Å². The van der Waals surface area contributed by atoms with Crippen LogP contribution in [0.5, 0.6) is 0 Å². The first-order chi connectivity index (χ1) is 5.77. The number of hydrogen-bond donors (Lipinski definition) is 2. The van der Waals surface area contributed by atoms with Crippen LogP contribution in [0, 0.1) is 0 Å². The number of unbranched alkanes of at least 4 members (excludes halogenated alkanes) is 3. The summed E-state index contributed by atoms with van der Waals surface area (Å²) < 4.78 is 0. The van der Waals surface area contributed by atoms with E-state index in [-0.39, 0.29) is 5.96 Å². The van der Waals surface area contributed by atoms with Crippen molar-refractivity contribution in [2.24, 2.45) is 16.5 Å². The van der Waals surface area contributed by atoms with E-state index in [1.165, 1.54) is 19.3 Å². The highest BCUT2D eigenvalue weighted by Gasteiger charge is 1.85. The zero-order valence-corrected chi connectivity index (χ0v) is 8.64. The van der Waals surface area contributed by atoms with Crippen LogP contribution < -0.4 is 11.5 Å². The van der Waals surface area contributed by atoms with Crippen LogP contribution in [-0.4, -0.2) is 12.5 Å². The Hall–Kier alpha value is -0.730. The molecule has 0 aliphatic heterocycles. The van der Waals surface area contributed by atoms with Gasteiger partial charge in [0.1, 0.15) is 0 Å². The van der Waals surface area contributed by atoms with E-state index in [9.17, 15) is 0 Å². The normalized spacial score (nSPS) is 8.25. The zero-order chi connectivity index (χ0) is 9.82. The van der Waals surface area contributed by atoms with Gasteiger partial charge in [-0.3, -0.25) is 4.99 Å². The Labute approximate surface area is 76.2 Å². The Balaban J connectivity index is 0. The minimum absolute atomic E-state index is 0.205. The molecule has 0 saturated carbocycles. The molecular formula is C9H23N3. The SMILES string of the molecule is CC.CCCCCCN=C(N)N. The molecule has 0 aromatic heterocycles. The summed E-state index contributed by atoms with van der Waals surface area (Å²) in [5, 5.41) is 0. The maximum atomic E-state index is 5.13. The number of nitrogens with zero attached hydrogens (tertiary/aromatic N) is 1. The van der Waals surface area contributed by atoms with Crippen molar-refractivity contribution in [3.63, 3.8) is 0 Å². The Morgan fingerprint density at radius 1 is 1.08 bits per heavy atom. The number of rotatable bonds is 5. The van der Waals surface area contributed by atoms with Gasteiger partial charge in [-0.15, -0.1) is 0 Å². The standard InChI is InChI=1S/C7H17N3.C2H6/c1-2-3-4-5-6-10-7(8)9;1-2/h2-6H2,1H3,(H4,8,9,10);1-2H3. The molecule has 12 heavy (non-hydrogen) atoms. The Morgan fingerprint density at radius 2 is 1.67 bits per heavy atom. The van der Waals surface area contributed by atoms with Crippen LogP contribution in [0.25, 0.3) is 0 Å². The molecule has 0 rings (SSSR count). The van der Waals surface area contributed by atoms with E-state index in [0.29, 0.717) is 0 Å². The zero-order valence-electron chi connectivity index (χ0n) is 8.64. The van der Waals surface area contributed by atoms with Gasteiger partial charge in [0.2, 0.25) is 0 Å². The van der Waals surface area contributed by atoms with Gasteiger partial charge in [0.05, 0.1) is 0 Å². The van der Waals surface area contributed by atoms with Crippen LogP contribution in [-0.2, 0) is 0 Å².